The molecule has 0 saturated carbocycles. The molecule has 0 fully saturated rings. The van der Waals surface area contributed by atoms with Crippen LogP contribution in [0.25, 0.3) is 10.2 Å². The first-order chi connectivity index (χ1) is 10.0. The minimum Gasteiger partial charge on any atom is -0.316 e. The molecule has 1 aromatic carbocycles. The van der Waals surface area contributed by atoms with Crippen molar-refractivity contribution in [1.82, 2.24) is 4.57 Å². The van der Waals surface area contributed by atoms with Gasteiger partial charge in [0, 0.05) is 6.54 Å². The average molecular weight is 342 g/mol. The molecule has 0 spiro atoms. The van der Waals surface area contributed by atoms with Crippen LogP contribution in [-0.4, -0.2) is 13.0 Å². The molecule has 0 aliphatic rings. The molecular weight excluding hydrogens is 331 g/mol. The summed E-state index contributed by atoms with van der Waals surface area (Å²) in [5.41, 5.74) is 0.782. The smallest absolute Gasteiger partial charge is 0.294 e. The first-order valence-electron chi connectivity index (χ1n) is 6.14. The maximum atomic E-state index is 13.3. The van der Waals surface area contributed by atoms with Crippen molar-refractivity contribution in [3.63, 3.8) is 0 Å². The number of halogens is 1. The van der Waals surface area contributed by atoms with E-state index < -0.39 is 10.0 Å². The summed E-state index contributed by atoms with van der Waals surface area (Å²) in [6.45, 7) is 2.46. The normalized spacial score (nSPS) is 13.1. The number of fused-ring (bicyclic) bond motifs is 1. The van der Waals surface area contributed by atoms with Crippen molar-refractivity contribution < 1.29 is 12.8 Å². The second-order valence-electron chi connectivity index (χ2n) is 4.24. The molecular formula is C13H11FN2O2S3. The Hall–Kier alpha value is -1.51. The molecule has 3 aromatic rings. The number of thiophene rings is 1. The maximum Gasteiger partial charge on any atom is 0.294 e. The number of thiazole rings is 1. The number of benzene rings is 1. The summed E-state index contributed by atoms with van der Waals surface area (Å²) in [4.78, 5) is 0.353. The molecule has 0 aliphatic heterocycles. The fraction of sp³-hybridized carbons (Fsp3) is 0.154. The molecule has 0 saturated heterocycles. The molecule has 0 aliphatic carbocycles. The zero-order valence-electron chi connectivity index (χ0n) is 11.0. The number of nitrogens with zero attached hydrogens (tertiary/aromatic N) is 2. The van der Waals surface area contributed by atoms with Crippen LogP contribution < -0.4 is 4.80 Å². The molecule has 2 heterocycles. The van der Waals surface area contributed by atoms with Gasteiger partial charge >= 0.3 is 0 Å². The molecule has 0 radical (unpaired) electrons. The van der Waals surface area contributed by atoms with Crippen LogP contribution in [0, 0.1) is 5.82 Å². The van der Waals surface area contributed by atoms with E-state index in [1.54, 1.807) is 22.1 Å². The van der Waals surface area contributed by atoms with Gasteiger partial charge in [0.1, 0.15) is 10.0 Å². The SMILES string of the molecule is CCn1/c(=N/S(=O)(=O)c2cccs2)sc2cc(F)ccc21. The first-order valence-corrected chi connectivity index (χ1v) is 9.28. The van der Waals surface area contributed by atoms with Crippen LogP contribution in [-0.2, 0) is 16.6 Å². The van der Waals surface area contributed by atoms with E-state index in [2.05, 4.69) is 4.40 Å². The Labute approximate surface area is 128 Å². The number of aromatic nitrogens is 1. The fourth-order valence-corrected chi connectivity index (χ4v) is 5.27. The van der Waals surface area contributed by atoms with Gasteiger partial charge < -0.3 is 4.57 Å². The van der Waals surface area contributed by atoms with Crippen molar-refractivity contribution in [1.29, 1.82) is 0 Å². The summed E-state index contributed by atoms with van der Waals surface area (Å²) in [7, 11) is -3.72. The number of hydrogen-bond donors (Lipinski definition) is 0. The Morgan fingerprint density at radius 3 is 2.81 bits per heavy atom. The highest BCUT2D eigenvalue weighted by atomic mass is 32.2. The lowest BCUT2D eigenvalue weighted by molar-refractivity contribution is 0.597. The van der Waals surface area contributed by atoms with E-state index in [-0.39, 0.29) is 10.0 Å². The number of aryl methyl sites for hydroxylation is 1. The molecule has 21 heavy (non-hydrogen) atoms. The van der Waals surface area contributed by atoms with Crippen molar-refractivity contribution in [3.8, 4) is 0 Å². The van der Waals surface area contributed by atoms with Gasteiger partial charge in [-0.25, -0.2) is 4.39 Å². The first kappa shape index (κ1) is 14.4. The molecule has 0 atom stereocenters. The third-order valence-corrected chi connectivity index (χ3v) is 6.71. The number of rotatable bonds is 3. The van der Waals surface area contributed by atoms with E-state index in [0.29, 0.717) is 16.0 Å². The van der Waals surface area contributed by atoms with Crippen LogP contribution in [0.2, 0.25) is 0 Å². The molecule has 0 unspecified atom stereocenters. The Kier molecular flexibility index (Phi) is 3.68. The predicted molar refractivity (Wildman–Crippen MR) is 82.5 cm³/mol. The molecule has 4 nitrogen and oxygen atoms in total. The zero-order valence-corrected chi connectivity index (χ0v) is 13.4. The molecule has 110 valence electrons. The van der Waals surface area contributed by atoms with Gasteiger partial charge in [-0.05, 0) is 36.6 Å². The summed E-state index contributed by atoms with van der Waals surface area (Å²) >= 11 is 2.29. The van der Waals surface area contributed by atoms with E-state index in [9.17, 15) is 12.8 Å². The van der Waals surface area contributed by atoms with Gasteiger partial charge in [0.25, 0.3) is 10.0 Å². The van der Waals surface area contributed by atoms with Gasteiger partial charge in [-0.1, -0.05) is 17.4 Å². The van der Waals surface area contributed by atoms with Crippen LogP contribution in [0.15, 0.2) is 44.3 Å². The average Bonchev–Trinajstić information content (AvgIpc) is 3.04. The predicted octanol–water partition coefficient (Wildman–Crippen LogP) is 3.21. The van der Waals surface area contributed by atoms with Gasteiger partial charge in [-0.15, -0.1) is 15.7 Å². The molecule has 0 N–H and O–H groups in total. The lowest BCUT2D eigenvalue weighted by Crippen LogP contribution is -2.15. The third kappa shape index (κ3) is 2.66. The lowest BCUT2D eigenvalue weighted by Gasteiger charge is -2.00. The maximum absolute atomic E-state index is 13.3. The second kappa shape index (κ2) is 5.36. The lowest BCUT2D eigenvalue weighted by atomic mass is 10.3. The van der Waals surface area contributed by atoms with Crippen LogP contribution in [0.1, 0.15) is 6.92 Å². The summed E-state index contributed by atoms with van der Waals surface area (Å²) in [5.74, 6) is -0.348. The van der Waals surface area contributed by atoms with E-state index in [4.69, 9.17) is 0 Å². The van der Waals surface area contributed by atoms with Crippen molar-refractivity contribution in [2.45, 2.75) is 17.7 Å². The van der Waals surface area contributed by atoms with E-state index in [0.717, 1.165) is 16.9 Å². The Morgan fingerprint density at radius 2 is 2.14 bits per heavy atom. The van der Waals surface area contributed by atoms with E-state index in [1.165, 1.54) is 29.5 Å². The van der Waals surface area contributed by atoms with Crippen molar-refractivity contribution in [2.75, 3.05) is 0 Å². The monoisotopic (exact) mass is 342 g/mol. The molecule has 2 aromatic heterocycles. The Balaban J connectivity index is 2.27. The van der Waals surface area contributed by atoms with Crippen LogP contribution in [0.4, 0.5) is 4.39 Å². The largest absolute Gasteiger partial charge is 0.316 e. The Morgan fingerprint density at radius 1 is 1.33 bits per heavy atom. The molecule has 3 rings (SSSR count). The standard InChI is InChI=1S/C13H11FN2O2S3/c1-2-16-10-6-5-9(14)8-11(10)20-13(16)15-21(17,18)12-4-3-7-19-12/h3-8H,2H2,1H3/b15-13-. The van der Waals surface area contributed by atoms with Gasteiger partial charge in [-0.2, -0.15) is 8.42 Å². The summed E-state index contributed by atoms with van der Waals surface area (Å²) in [5, 5.41) is 1.69. The summed E-state index contributed by atoms with van der Waals surface area (Å²) in [6, 6.07) is 7.58. The van der Waals surface area contributed by atoms with Gasteiger partial charge in [0.05, 0.1) is 10.2 Å². The van der Waals surface area contributed by atoms with Crippen LogP contribution in [0.5, 0.6) is 0 Å². The molecule has 0 amide bonds. The third-order valence-electron chi connectivity index (χ3n) is 2.91. The minimum atomic E-state index is -3.72. The highest BCUT2D eigenvalue weighted by molar-refractivity contribution is 7.92. The minimum absolute atomic E-state index is 0.203. The Bertz CT molecular complexity index is 953. The van der Waals surface area contributed by atoms with Gasteiger partial charge in [0.15, 0.2) is 0 Å². The quantitative estimate of drug-likeness (QED) is 0.734. The van der Waals surface area contributed by atoms with E-state index >= 15 is 0 Å². The topological polar surface area (TPSA) is 51.4 Å². The van der Waals surface area contributed by atoms with Gasteiger partial charge in [0.2, 0.25) is 4.80 Å². The van der Waals surface area contributed by atoms with E-state index in [1.807, 2.05) is 6.92 Å². The number of hydrogen-bond acceptors (Lipinski definition) is 4. The number of sulfonamides is 1. The van der Waals surface area contributed by atoms with Crippen molar-refractivity contribution in [2.24, 2.45) is 4.40 Å². The molecule has 8 heteroatoms. The summed E-state index contributed by atoms with van der Waals surface area (Å²) < 4.78 is 44.3. The summed E-state index contributed by atoms with van der Waals surface area (Å²) in [6.07, 6.45) is 0. The second-order valence-corrected chi connectivity index (χ2v) is 8.03. The zero-order chi connectivity index (χ0) is 15.0. The van der Waals surface area contributed by atoms with Crippen molar-refractivity contribution >= 4 is 42.9 Å². The van der Waals surface area contributed by atoms with Crippen LogP contribution in [0.3, 0.4) is 0 Å². The highest BCUT2D eigenvalue weighted by Gasteiger charge is 2.15. The molecule has 0 bridgehead atoms. The fourth-order valence-electron chi connectivity index (χ4n) is 1.98. The van der Waals surface area contributed by atoms with Crippen LogP contribution >= 0.6 is 22.7 Å². The van der Waals surface area contributed by atoms with Gasteiger partial charge in [-0.3, -0.25) is 0 Å². The van der Waals surface area contributed by atoms with Crippen molar-refractivity contribution in [3.05, 3.63) is 46.3 Å². The highest BCUT2D eigenvalue weighted by Crippen LogP contribution is 2.21.